The SMILES string of the molecule is NS(=O)(=O)C(c1ccc(Cl)c(Br)c1)C(F)(F)F. The third kappa shape index (κ3) is 3.57. The molecular formula is C8H6BrClF3NO2S. The van der Waals surface area contributed by atoms with Crippen LogP contribution in [-0.2, 0) is 10.0 Å². The van der Waals surface area contributed by atoms with E-state index in [4.69, 9.17) is 11.6 Å². The molecule has 96 valence electrons. The average Bonchev–Trinajstić information content (AvgIpc) is 2.06. The third-order valence-electron chi connectivity index (χ3n) is 1.87. The van der Waals surface area contributed by atoms with E-state index in [2.05, 4.69) is 21.1 Å². The van der Waals surface area contributed by atoms with Gasteiger partial charge in [-0.3, -0.25) is 0 Å². The number of halogens is 5. The monoisotopic (exact) mass is 351 g/mol. The first-order valence-electron chi connectivity index (χ1n) is 4.07. The van der Waals surface area contributed by atoms with Crippen LogP contribution in [0.1, 0.15) is 10.8 Å². The maximum absolute atomic E-state index is 12.6. The smallest absolute Gasteiger partial charge is 0.228 e. The lowest BCUT2D eigenvalue weighted by Crippen LogP contribution is -2.33. The Bertz CT molecular complexity index is 532. The van der Waals surface area contributed by atoms with Gasteiger partial charge in [-0.1, -0.05) is 17.7 Å². The summed E-state index contributed by atoms with van der Waals surface area (Å²) in [5.74, 6) is 0. The van der Waals surface area contributed by atoms with Gasteiger partial charge in [-0.25, -0.2) is 13.6 Å². The average molecular weight is 353 g/mol. The van der Waals surface area contributed by atoms with Gasteiger partial charge in [-0.05, 0) is 33.6 Å². The molecule has 1 unspecified atom stereocenters. The highest BCUT2D eigenvalue weighted by Crippen LogP contribution is 2.39. The van der Waals surface area contributed by atoms with Crippen LogP contribution in [0.5, 0.6) is 0 Å². The number of nitrogens with two attached hydrogens (primary N) is 1. The van der Waals surface area contributed by atoms with E-state index in [-0.39, 0.29) is 9.50 Å². The zero-order valence-corrected chi connectivity index (χ0v) is 11.2. The number of hydrogen-bond acceptors (Lipinski definition) is 2. The number of alkyl halides is 3. The molecule has 0 heterocycles. The Balaban J connectivity index is 3.39. The summed E-state index contributed by atoms with van der Waals surface area (Å²) in [7, 11) is -4.79. The van der Waals surface area contributed by atoms with Crippen LogP contribution in [0.2, 0.25) is 5.02 Å². The molecule has 0 saturated carbocycles. The quantitative estimate of drug-likeness (QED) is 0.889. The van der Waals surface area contributed by atoms with Crippen molar-refractivity contribution in [3.8, 4) is 0 Å². The molecule has 17 heavy (non-hydrogen) atoms. The molecule has 1 aromatic rings. The van der Waals surface area contributed by atoms with Gasteiger partial charge in [0.1, 0.15) is 0 Å². The van der Waals surface area contributed by atoms with Crippen LogP contribution in [0.4, 0.5) is 13.2 Å². The van der Waals surface area contributed by atoms with E-state index < -0.39 is 27.0 Å². The van der Waals surface area contributed by atoms with E-state index in [1.165, 1.54) is 0 Å². The van der Waals surface area contributed by atoms with Crippen LogP contribution in [0.15, 0.2) is 22.7 Å². The fourth-order valence-electron chi connectivity index (χ4n) is 1.24. The zero-order valence-electron chi connectivity index (χ0n) is 8.00. The molecule has 2 N–H and O–H groups in total. The molecule has 0 amide bonds. The fraction of sp³-hybridized carbons (Fsp3) is 0.250. The van der Waals surface area contributed by atoms with E-state index in [9.17, 15) is 21.6 Å². The van der Waals surface area contributed by atoms with Crippen molar-refractivity contribution in [3.63, 3.8) is 0 Å². The summed E-state index contributed by atoms with van der Waals surface area (Å²) in [5.41, 5.74) is -0.490. The Kier molecular flexibility index (Phi) is 4.12. The highest BCUT2D eigenvalue weighted by atomic mass is 79.9. The first kappa shape index (κ1) is 14.7. The van der Waals surface area contributed by atoms with Gasteiger partial charge in [-0.15, -0.1) is 0 Å². The normalized spacial score (nSPS) is 14.7. The lowest BCUT2D eigenvalue weighted by Gasteiger charge is -2.18. The van der Waals surface area contributed by atoms with Gasteiger partial charge >= 0.3 is 6.18 Å². The van der Waals surface area contributed by atoms with Crippen LogP contribution >= 0.6 is 27.5 Å². The summed E-state index contributed by atoms with van der Waals surface area (Å²) < 4.78 is 60.0. The molecule has 0 aromatic heterocycles. The number of primary sulfonamides is 1. The molecule has 0 aliphatic carbocycles. The Labute approximate surface area is 109 Å². The molecule has 0 bridgehead atoms. The van der Waals surface area contributed by atoms with Gasteiger partial charge in [0.2, 0.25) is 10.0 Å². The van der Waals surface area contributed by atoms with Crippen LogP contribution < -0.4 is 5.14 Å². The second-order valence-electron chi connectivity index (χ2n) is 3.18. The fourth-order valence-corrected chi connectivity index (χ4v) is 2.65. The van der Waals surface area contributed by atoms with E-state index >= 15 is 0 Å². The summed E-state index contributed by atoms with van der Waals surface area (Å²) in [6, 6.07) is 3.10. The molecule has 1 rings (SSSR count). The topological polar surface area (TPSA) is 60.2 Å². The molecule has 0 spiro atoms. The van der Waals surface area contributed by atoms with Gasteiger partial charge in [0, 0.05) is 4.47 Å². The van der Waals surface area contributed by atoms with Crippen molar-refractivity contribution >= 4 is 37.6 Å². The lowest BCUT2D eigenvalue weighted by atomic mass is 10.1. The number of rotatable bonds is 2. The molecular weight excluding hydrogens is 347 g/mol. The third-order valence-corrected chi connectivity index (χ3v) is 4.28. The Hall–Kier alpha value is -0.310. The van der Waals surface area contributed by atoms with E-state index in [1.54, 1.807) is 0 Å². The highest BCUT2D eigenvalue weighted by molar-refractivity contribution is 9.10. The van der Waals surface area contributed by atoms with E-state index in [0.717, 1.165) is 18.2 Å². The summed E-state index contributed by atoms with van der Waals surface area (Å²) in [6.07, 6.45) is -4.99. The molecule has 9 heteroatoms. The molecule has 3 nitrogen and oxygen atoms in total. The molecule has 0 fully saturated rings. The Morgan fingerprint density at radius 1 is 1.35 bits per heavy atom. The van der Waals surface area contributed by atoms with Crippen LogP contribution in [-0.4, -0.2) is 14.6 Å². The second kappa shape index (κ2) is 4.75. The second-order valence-corrected chi connectivity index (χ2v) is 6.10. The zero-order chi connectivity index (χ0) is 13.4. The Morgan fingerprint density at radius 2 is 1.88 bits per heavy atom. The number of sulfonamides is 1. The first-order chi connectivity index (χ1) is 7.53. The van der Waals surface area contributed by atoms with Crippen LogP contribution in [0.25, 0.3) is 0 Å². The molecule has 1 aromatic carbocycles. The van der Waals surface area contributed by atoms with Crippen molar-refractivity contribution in [2.45, 2.75) is 11.4 Å². The molecule has 0 aliphatic heterocycles. The van der Waals surface area contributed by atoms with Crippen molar-refractivity contribution in [3.05, 3.63) is 33.3 Å². The Morgan fingerprint density at radius 3 is 2.24 bits per heavy atom. The van der Waals surface area contributed by atoms with E-state index in [1.807, 2.05) is 0 Å². The van der Waals surface area contributed by atoms with Crippen molar-refractivity contribution in [2.75, 3.05) is 0 Å². The van der Waals surface area contributed by atoms with Crippen molar-refractivity contribution < 1.29 is 21.6 Å². The van der Waals surface area contributed by atoms with Gasteiger partial charge < -0.3 is 0 Å². The van der Waals surface area contributed by atoms with Gasteiger partial charge in [0.25, 0.3) is 0 Å². The molecule has 1 atom stereocenters. The van der Waals surface area contributed by atoms with Gasteiger partial charge in [0.15, 0.2) is 5.25 Å². The number of benzene rings is 1. The minimum atomic E-state index is -4.99. The van der Waals surface area contributed by atoms with Gasteiger partial charge in [0.05, 0.1) is 5.02 Å². The van der Waals surface area contributed by atoms with Crippen LogP contribution in [0.3, 0.4) is 0 Å². The largest absolute Gasteiger partial charge is 0.410 e. The summed E-state index contributed by atoms with van der Waals surface area (Å²) >= 11 is 8.52. The predicted molar refractivity (Wildman–Crippen MR) is 61.1 cm³/mol. The minimum absolute atomic E-state index is 0.162. The maximum Gasteiger partial charge on any atom is 0.410 e. The van der Waals surface area contributed by atoms with E-state index in [0.29, 0.717) is 0 Å². The molecule has 0 aliphatic rings. The summed E-state index contributed by atoms with van der Waals surface area (Å²) in [5, 5.41) is 2.00. The van der Waals surface area contributed by atoms with Crippen molar-refractivity contribution in [2.24, 2.45) is 5.14 Å². The summed E-state index contributed by atoms with van der Waals surface area (Å²) in [4.78, 5) is 0. The predicted octanol–water partition coefficient (Wildman–Crippen LogP) is 2.99. The van der Waals surface area contributed by atoms with Crippen molar-refractivity contribution in [1.29, 1.82) is 0 Å². The van der Waals surface area contributed by atoms with Crippen molar-refractivity contribution in [1.82, 2.24) is 0 Å². The minimum Gasteiger partial charge on any atom is -0.228 e. The standard InChI is InChI=1S/C8H6BrClF3NO2S/c9-5-3-4(1-2-6(5)10)7(8(11,12)13)17(14,15)16/h1-3,7H,(H2,14,15,16). The first-order valence-corrected chi connectivity index (χ1v) is 6.85. The van der Waals surface area contributed by atoms with Crippen LogP contribution in [0, 0.1) is 0 Å². The lowest BCUT2D eigenvalue weighted by molar-refractivity contribution is -0.131. The van der Waals surface area contributed by atoms with Gasteiger partial charge in [-0.2, -0.15) is 13.2 Å². The molecule has 0 saturated heterocycles. The molecule has 0 radical (unpaired) electrons. The number of hydrogen-bond donors (Lipinski definition) is 1. The maximum atomic E-state index is 12.6. The summed E-state index contributed by atoms with van der Waals surface area (Å²) in [6.45, 7) is 0. The highest BCUT2D eigenvalue weighted by Gasteiger charge is 2.48.